The van der Waals surface area contributed by atoms with Crippen LogP contribution in [0.2, 0.25) is 0 Å². The van der Waals surface area contributed by atoms with E-state index in [4.69, 9.17) is 9.26 Å². The van der Waals surface area contributed by atoms with E-state index in [1.807, 2.05) is 41.5 Å². The van der Waals surface area contributed by atoms with E-state index in [1.54, 1.807) is 0 Å². The van der Waals surface area contributed by atoms with E-state index < -0.39 is 5.60 Å². The summed E-state index contributed by atoms with van der Waals surface area (Å²) in [6, 6.07) is -0.298. The van der Waals surface area contributed by atoms with Crippen LogP contribution in [0, 0.1) is 6.92 Å². The molecular weight excluding hydrogens is 270 g/mol. The van der Waals surface area contributed by atoms with Crippen molar-refractivity contribution in [1.82, 2.24) is 10.5 Å². The van der Waals surface area contributed by atoms with Gasteiger partial charge in [-0.3, -0.25) is 0 Å². The Bertz CT molecular complexity index is 534. The Balaban J connectivity index is 2.04. The summed E-state index contributed by atoms with van der Waals surface area (Å²) >= 11 is 0. The number of aromatic nitrogens is 1. The van der Waals surface area contributed by atoms with E-state index in [0.717, 1.165) is 6.42 Å². The zero-order valence-electron chi connectivity index (χ0n) is 13.7. The van der Waals surface area contributed by atoms with Gasteiger partial charge in [0.2, 0.25) is 0 Å². The van der Waals surface area contributed by atoms with E-state index in [1.165, 1.54) is 0 Å². The number of urea groups is 1. The Hall–Kier alpha value is -1.56. The van der Waals surface area contributed by atoms with Gasteiger partial charge in [0.1, 0.15) is 11.4 Å². The number of carbonyl (C=O) groups excluding carboxylic acids is 1. The number of nitrogens with zero attached hydrogens (tertiary/aromatic N) is 1. The summed E-state index contributed by atoms with van der Waals surface area (Å²) in [7, 11) is 0. The molecule has 1 aliphatic heterocycles. The zero-order valence-corrected chi connectivity index (χ0v) is 13.7. The summed E-state index contributed by atoms with van der Waals surface area (Å²) in [6.07, 6.45) is 1.46. The Labute approximate surface area is 125 Å². The molecule has 0 spiro atoms. The summed E-state index contributed by atoms with van der Waals surface area (Å²) in [6.45, 7) is 11.8. The predicted molar refractivity (Wildman–Crippen MR) is 80.4 cm³/mol. The summed E-state index contributed by atoms with van der Waals surface area (Å²) in [4.78, 5) is 12.2. The largest absolute Gasteiger partial charge is 0.367 e. The summed E-state index contributed by atoms with van der Waals surface area (Å²) in [5.74, 6) is 0.685. The number of nitrogens with one attached hydrogen (secondary N) is 2. The highest BCUT2D eigenvalue weighted by Crippen LogP contribution is 2.37. The van der Waals surface area contributed by atoms with Gasteiger partial charge in [-0.1, -0.05) is 12.1 Å². The maximum atomic E-state index is 12.2. The lowest BCUT2D eigenvalue weighted by atomic mass is 9.95. The third-order valence-electron chi connectivity index (χ3n) is 3.87. The number of aryl methyl sites for hydroxylation is 2. The van der Waals surface area contributed by atoms with Crippen LogP contribution < -0.4 is 10.6 Å². The number of ether oxygens (including phenoxy) is 1. The molecule has 1 saturated heterocycles. The third kappa shape index (κ3) is 3.37. The minimum atomic E-state index is -0.391. The van der Waals surface area contributed by atoms with E-state index in [9.17, 15) is 4.79 Å². The second-order valence-corrected chi connectivity index (χ2v) is 6.74. The smallest absolute Gasteiger partial charge is 0.319 e. The summed E-state index contributed by atoms with van der Waals surface area (Å²) in [5.41, 5.74) is 0.719. The SMILES string of the molecule is CCc1onc(C)c1NC(=O)N[C@@H]1CC(C)(C)OC1(C)C. The van der Waals surface area contributed by atoms with Crippen LogP contribution in [0.5, 0.6) is 0 Å². The fraction of sp³-hybridized carbons (Fsp3) is 0.733. The molecule has 1 aromatic rings. The van der Waals surface area contributed by atoms with E-state index in [0.29, 0.717) is 23.6 Å². The van der Waals surface area contributed by atoms with E-state index in [2.05, 4.69) is 15.8 Å². The van der Waals surface area contributed by atoms with Crippen LogP contribution >= 0.6 is 0 Å². The van der Waals surface area contributed by atoms with Gasteiger partial charge in [-0.25, -0.2) is 4.79 Å². The quantitative estimate of drug-likeness (QED) is 0.898. The first-order valence-electron chi connectivity index (χ1n) is 7.37. The van der Waals surface area contributed by atoms with Gasteiger partial charge in [0.15, 0.2) is 5.76 Å². The number of carbonyl (C=O) groups is 1. The third-order valence-corrected chi connectivity index (χ3v) is 3.87. The zero-order chi connectivity index (χ0) is 15.8. The highest BCUT2D eigenvalue weighted by atomic mass is 16.5. The molecule has 0 saturated carbocycles. The van der Waals surface area contributed by atoms with E-state index in [-0.39, 0.29) is 17.7 Å². The normalized spacial score (nSPS) is 23.0. The van der Waals surface area contributed by atoms with Crippen molar-refractivity contribution in [3.8, 4) is 0 Å². The molecule has 1 aliphatic rings. The van der Waals surface area contributed by atoms with Gasteiger partial charge in [-0.05, 0) is 41.0 Å². The van der Waals surface area contributed by atoms with Crippen molar-refractivity contribution in [3.63, 3.8) is 0 Å². The lowest BCUT2D eigenvalue weighted by Crippen LogP contribution is -2.47. The molecule has 0 bridgehead atoms. The topological polar surface area (TPSA) is 76.4 Å². The number of anilines is 1. The van der Waals surface area contributed by atoms with Crippen LogP contribution in [0.25, 0.3) is 0 Å². The van der Waals surface area contributed by atoms with Crippen molar-refractivity contribution in [3.05, 3.63) is 11.5 Å². The lowest BCUT2D eigenvalue weighted by molar-refractivity contribution is -0.0689. The summed E-state index contributed by atoms with van der Waals surface area (Å²) in [5, 5.41) is 9.72. The molecule has 6 heteroatoms. The van der Waals surface area contributed by atoms with Gasteiger partial charge in [0, 0.05) is 6.42 Å². The van der Waals surface area contributed by atoms with Gasteiger partial charge in [-0.15, -0.1) is 0 Å². The van der Waals surface area contributed by atoms with Crippen LogP contribution in [-0.4, -0.2) is 28.4 Å². The van der Waals surface area contributed by atoms with Gasteiger partial charge >= 0.3 is 6.03 Å². The van der Waals surface area contributed by atoms with Crippen LogP contribution in [0.15, 0.2) is 4.52 Å². The van der Waals surface area contributed by atoms with Crippen LogP contribution in [0.1, 0.15) is 52.5 Å². The van der Waals surface area contributed by atoms with Gasteiger partial charge in [0.05, 0.1) is 17.2 Å². The molecule has 1 atom stereocenters. The van der Waals surface area contributed by atoms with Crippen LogP contribution in [-0.2, 0) is 11.2 Å². The Morgan fingerprint density at radius 1 is 1.38 bits per heavy atom. The molecule has 2 heterocycles. The first-order chi connectivity index (χ1) is 9.64. The van der Waals surface area contributed by atoms with Crippen LogP contribution in [0.3, 0.4) is 0 Å². The van der Waals surface area contributed by atoms with Crippen molar-refractivity contribution in [2.24, 2.45) is 0 Å². The van der Waals surface area contributed by atoms with Crippen molar-refractivity contribution in [2.75, 3.05) is 5.32 Å². The van der Waals surface area contributed by atoms with Gasteiger partial charge in [0.25, 0.3) is 0 Å². The summed E-state index contributed by atoms with van der Waals surface area (Å²) < 4.78 is 11.2. The Morgan fingerprint density at radius 3 is 2.57 bits per heavy atom. The average Bonchev–Trinajstić information content (AvgIpc) is 2.77. The minimum absolute atomic E-state index is 0.0438. The molecule has 2 amide bonds. The second-order valence-electron chi connectivity index (χ2n) is 6.74. The fourth-order valence-electron chi connectivity index (χ4n) is 2.91. The number of amides is 2. The molecule has 6 nitrogen and oxygen atoms in total. The Kier molecular flexibility index (Phi) is 4.02. The highest BCUT2D eigenvalue weighted by Gasteiger charge is 2.46. The molecule has 0 aliphatic carbocycles. The first-order valence-corrected chi connectivity index (χ1v) is 7.37. The molecule has 1 fully saturated rings. The lowest BCUT2D eigenvalue weighted by Gasteiger charge is -2.27. The number of hydrogen-bond donors (Lipinski definition) is 2. The highest BCUT2D eigenvalue weighted by molar-refractivity contribution is 5.90. The molecule has 0 radical (unpaired) electrons. The standard InChI is InChI=1S/C15H25N3O3/c1-7-10-12(9(2)18-20-10)17-13(19)16-11-8-14(3,4)21-15(11,5)6/h11H,7-8H2,1-6H3,(H2,16,17,19)/t11-/m1/s1. The molecule has 2 rings (SSSR count). The molecule has 2 N–H and O–H groups in total. The minimum Gasteiger partial charge on any atom is -0.367 e. The van der Waals surface area contributed by atoms with E-state index >= 15 is 0 Å². The first kappa shape index (κ1) is 15.8. The van der Waals surface area contributed by atoms with Crippen molar-refractivity contribution in [1.29, 1.82) is 0 Å². The van der Waals surface area contributed by atoms with Gasteiger partial charge < -0.3 is 19.9 Å². The van der Waals surface area contributed by atoms with Crippen molar-refractivity contribution >= 4 is 11.7 Å². The maximum absolute atomic E-state index is 12.2. The molecule has 21 heavy (non-hydrogen) atoms. The molecule has 0 aromatic carbocycles. The molecular formula is C15H25N3O3. The monoisotopic (exact) mass is 295 g/mol. The number of rotatable bonds is 3. The number of hydrogen-bond acceptors (Lipinski definition) is 4. The second kappa shape index (κ2) is 5.33. The average molecular weight is 295 g/mol. The van der Waals surface area contributed by atoms with Crippen molar-refractivity contribution < 1.29 is 14.1 Å². The Morgan fingerprint density at radius 2 is 2.05 bits per heavy atom. The maximum Gasteiger partial charge on any atom is 0.319 e. The predicted octanol–water partition coefficient (Wildman–Crippen LogP) is 3.01. The van der Waals surface area contributed by atoms with Crippen molar-refractivity contribution in [2.45, 2.75) is 71.6 Å². The fourth-order valence-corrected chi connectivity index (χ4v) is 2.91. The molecule has 118 valence electrons. The van der Waals surface area contributed by atoms with Crippen LogP contribution in [0.4, 0.5) is 10.5 Å². The van der Waals surface area contributed by atoms with Gasteiger partial charge in [-0.2, -0.15) is 0 Å². The molecule has 1 aromatic heterocycles. The molecule has 0 unspecified atom stereocenters.